The van der Waals surface area contributed by atoms with Crippen LogP contribution in [0.3, 0.4) is 0 Å². The van der Waals surface area contributed by atoms with Gasteiger partial charge in [0.25, 0.3) is 0 Å². The van der Waals surface area contributed by atoms with Crippen molar-refractivity contribution in [2.45, 2.75) is 26.7 Å². The number of rotatable bonds is 4. The molecule has 0 aromatic heterocycles. The van der Waals surface area contributed by atoms with E-state index in [4.69, 9.17) is 0 Å². The molecule has 2 atom stereocenters. The molecule has 1 aliphatic rings. The number of ketones is 1. The fourth-order valence-corrected chi connectivity index (χ4v) is 2.60. The van der Waals surface area contributed by atoms with Gasteiger partial charge in [0.2, 0.25) is 0 Å². The van der Waals surface area contributed by atoms with Crippen molar-refractivity contribution in [3.63, 3.8) is 0 Å². The lowest BCUT2D eigenvalue weighted by molar-refractivity contribution is -0.111. The Bertz CT molecular complexity index is 548. The summed E-state index contributed by atoms with van der Waals surface area (Å²) < 4.78 is 0. The van der Waals surface area contributed by atoms with Crippen LogP contribution in [-0.4, -0.2) is 5.78 Å². The first kappa shape index (κ1) is 14.5. The average Bonchev–Trinajstić information content (AvgIpc) is 2.46. The Morgan fingerprint density at radius 2 is 1.95 bits per heavy atom. The third-order valence-corrected chi connectivity index (χ3v) is 3.97. The van der Waals surface area contributed by atoms with Crippen LogP contribution >= 0.6 is 0 Å². The van der Waals surface area contributed by atoms with Gasteiger partial charge in [-0.05, 0) is 48.8 Å². The molecule has 0 saturated carbocycles. The van der Waals surface area contributed by atoms with Gasteiger partial charge in [0.15, 0.2) is 5.78 Å². The zero-order valence-electron chi connectivity index (χ0n) is 12.3. The van der Waals surface area contributed by atoms with Crippen molar-refractivity contribution >= 4 is 11.9 Å². The molecule has 0 spiro atoms. The molecule has 0 amide bonds. The Labute approximate surface area is 121 Å². The van der Waals surface area contributed by atoms with Crippen LogP contribution in [0.2, 0.25) is 0 Å². The fraction of sp³-hybridized carbons (Fsp3) is 0.316. The van der Waals surface area contributed by atoms with Crippen LogP contribution in [0.25, 0.3) is 6.08 Å². The normalized spacial score (nSPS) is 22.6. The Hall–Kier alpha value is -1.89. The molecule has 1 nitrogen and oxygen atoms in total. The van der Waals surface area contributed by atoms with E-state index in [9.17, 15) is 4.79 Å². The van der Waals surface area contributed by atoms with Gasteiger partial charge in [0.05, 0.1) is 0 Å². The van der Waals surface area contributed by atoms with E-state index in [2.05, 4.69) is 19.6 Å². The van der Waals surface area contributed by atoms with E-state index in [1.165, 1.54) is 0 Å². The number of hydrogen-bond donors (Lipinski definition) is 0. The maximum Gasteiger partial charge on any atom is 0.181 e. The molecule has 0 bridgehead atoms. The van der Waals surface area contributed by atoms with Gasteiger partial charge < -0.3 is 0 Å². The van der Waals surface area contributed by atoms with Crippen molar-refractivity contribution in [1.29, 1.82) is 0 Å². The van der Waals surface area contributed by atoms with E-state index in [0.717, 1.165) is 29.6 Å². The molecule has 2 rings (SSSR count). The monoisotopic (exact) mass is 266 g/mol. The van der Waals surface area contributed by atoms with Gasteiger partial charge >= 0.3 is 0 Å². The minimum Gasteiger partial charge on any atom is -0.290 e. The first-order valence-corrected chi connectivity index (χ1v) is 7.22. The van der Waals surface area contributed by atoms with Gasteiger partial charge in [-0.1, -0.05) is 61.6 Å². The highest BCUT2D eigenvalue weighted by Gasteiger charge is 2.23. The molecule has 20 heavy (non-hydrogen) atoms. The molecule has 2 unspecified atom stereocenters. The Morgan fingerprint density at radius 1 is 1.25 bits per heavy atom. The van der Waals surface area contributed by atoms with E-state index in [-0.39, 0.29) is 5.78 Å². The molecular formula is C19H22O. The van der Waals surface area contributed by atoms with Gasteiger partial charge in [0, 0.05) is 0 Å². The van der Waals surface area contributed by atoms with Gasteiger partial charge in [-0.3, -0.25) is 4.79 Å². The highest BCUT2D eigenvalue weighted by Crippen LogP contribution is 2.32. The molecule has 1 aromatic carbocycles. The molecule has 0 saturated heterocycles. The van der Waals surface area contributed by atoms with Gasteiger partial charge in [-0.25, -0.2) is 0 Å². The van der Waals surface area contributed by atoms with Crippen molar-refractivity contribution in [3.05, 3.63) is 65.8 Å². The SMILES string of the molecule is C=C(C)C1C=C(C(=O)/C=C/c2ccccc2)C(C)CC1. The van der Waals surface area contributed by atoms with Crippen LogP contribution in [0, 0.1) is 11.8 Å². The lowest BCUT2D eigenvalue weighted by Crippen LogP contribution is -2.17. The van der Waals surface area contributed by atoms with Gasteiger partial charge in [-0.15, -0.1) is 0 Å². The molecule has 104 valence electrons. The summed E-state index contributed by atoms with van der Waals surface area (Å²) in [5, 5.41) is 0. The first-order valence-electron chi connectivity index (χ1n) is 7.22. The van der Waals surface area contributed by atoms with Gasteiger partial charge in [0.1, 0.15) is 0 Å². The zero-order chi connectivity index (χ0) is 14.5. The highest BCUT2D eigenvalue weighted by molar-refractivity contribution is 6.06. The number of allylic oxidation sites excluding steroid dienone is 4. The van der Waals surface area contributed by atoms with Crippen LogP contribution in [0.4, 0.5) is 0 Å². The van der Waals surface area contributed by atoms with Crippen LogP contribution in [0.1, 0.15) is 32.3 Å². The van der Waals surface area contributed by atoms with Crippen LogP contribution in [0.5, 0.6) is 0 Å². The maximum absolute atomic E-state index is 12.4. The molecule has 1 heteroatoms. The second-order valence-electron chi connectivity index (χ2n) is 5.66. The molecular weight excluding hydrogens is 244 g/mol. The summed E-state index contributed by atoms with van der Waals surface area (Å²) in [6, 6.07) is 9.92. The van der Waals surface area contributed by atoms with Crippen LogP contribution in [0.15, 0.2) is 60.2 Å². The Balaban J connectivity index is 2.15. The highest BCUT2D eigenvalue weighted by atomic mass is 16.1. The fourth-order valence-electron chi connectivity index (χ4n) is 2.60. The quantitative estimate of drug-likeness (QED) is 0.564. The average molecular weight is 266 g/mol. The van der Waals surface area contributed by atoms with Crippen LogP contribution < -0.4 is 0 Å². The molecule has 0 fully saturated rings. The third kappa shape index (κ3) is 3.57. The minimum absolute atomic E-state index is 0.132. The van der Waals surface area contributed by atoms with Crippen molar-refractivity contribution in [1.82, 2.24) is 0 Å². The van der Waals surface area contributed by atoms with Crippen molar-refractivity contribution in [2.75, 3.05) is 0 Å². The summed E-state index contributed by atoms with van der Waals surface area (Å²) in [6.45, 7) is 8.19. The maximum atomic E-state index is 12.4. The lowest BCUT2D eigenvalue weighted by Gasteiger charge is -2.25. The van der Waals surface area contributed by atoms with E-state index in [1.54, 1.807) is 6.08 Å². The number of carbonyl (C=O) groups is 1. The molecule has 0 radical (unpaired) electrons. The topological polar surface area (TPSA) is 17.1 Å². The Kier molecular flexibility index (Phi) is 4.73. The molecule has 0 N–H and O–H groups in total. The van der Waals surface area contributed by atoms with Crippen molar-refractivity contribution < 1.29 is 4.79 Å². The van der Waals surface area contributed by atoms with E-state index in [0.29, 0.717) is 11.8 Å². The van der Waals surface area contributed by atoms with Crippen LogP contribution in [-0.2, 0) is 4.79 Å². The van der Waals surface area contributed by atoms with Crippen molar-refractivity contribution in [2.24, 2.45) is 11.8 Å². The predicted molar refractivity (Wildman–Crippen MR) is 85.3 cm³/mol. The smallest absolute Gasteiger partial charge is 0.181 e. The standard InChI is InChI=1S/C19H22O/c1-14(2)17-11-9-15(3)18(13-17)19(20)12-10-16-7-5-4-6-8-16/h4-8,10,12-13,15,17H,1,9,11H2,2-3H3/b12-10+. The van der Waals surface area contributed by atoms with Gasteiger partial charge in [-0.2, -0.15) is 0 Å². The zero-order valence-corrected chi connectivity index (χ0v) is 12.3. The summed E-state index contributed by atoms with van der Waals surface area (Å²) >= 11 is 0. The number of hydrogen-bond acceptors (Lipinski definition) is 1. The van der Waals surface area contributed by atoms with E-state index >= 15 is 0 Å². The first-order chi connectivity index (χ1) is 9.58. The lowest BCUT2D eigenvalue weighted by atomic mass is 9.79. The second kappa shape index (κ2) is 6.51. The summed E-state index contributed by atoms with van der Waals surface area (Å²) in [5.41, 5.74) is 3.15. The van der Waals surface area contributed by atoms with Crippen molar-refractivity contribution in [3.8, 4) is 0 Å². The minimum atomic E-state index is 0.132. The largest absolute Gasteiger partial charge is 0.290 e. The summed E-state index contributed by atoms with van der Waals surface area (Å²) in [7, 11) is 0. The number of benzene rings is 1. The second-order valence-corrected chi connectivity index (χ2v) is 5.66. The summed E-state index contributed by atoms with van der Waals surface area (Å²) in [5.74, 6) is 0.834. The predicted octanol–water partition coefficient (Wildman–Crippen LogP) is 4.82. The number of carbonyl (C=O) groups excluding carboxylic acids is 1. The summed E-state index contributed by atoms with van der Waals surface area (Å²) in [6.07, 6.45) is 7.87. The molecule has 0 aliphatic heterocycles. The molecule has 1 aromatic rings. The third-order valence-electron chi connectivity index (χ3n) is 3.97. The van der Waals surface area contributed by atoms with E-state index < -0.39 is 0 Å². The summed E-state index contributed by atoms with van der Waals surface area (Å²) in [4.78, 5) is 12.4. The van der Waals surface area contributed by atoms with E-state index in [1.807, 2.05) is 43.3 Å². The molecule has 1 aliphatic carbocycles. The Morgan fingerprint density at radius 3 is 2.60 bits per heavy atom. The molecule has 0 heterocycles.